The highest BCUT2D eigenvalue weighted by atomic mass is 16.1. The van der Waals surface area contributed by atoms with Gasteiger partial charge in [0.25, 0.3) is 0 Å². The molecule has 5 rings (SSSR count). The summed E-state index contributed by atoms with van der Waals surface area (Å²) < 4.78 is 1.81. The van der Waals surface area contributed by atoms with Crippen molar-refractivity contribution in [1.82, 2.24) is 14.8 Å². The quantitative estimate of drug-likeness (QED) is 0.771. The molecular formula is C21H18N4O. The lowest BCUT2D eigenvalue weighted by atomic mass is 9.78. The molecular weight excluding hydrogens is 324 g/mol. The summed E-state index contributed by atoms with van der Waals surface area (Å²) in [6, 6.07) is 20.1. The SMILES string of the molecule is O=C1C[C@H](c2ccccc2)CC2=C1[C@@H](c1ccccc1)n1ncnc1N2. The van der Waals surface area contributed by atoms with Crippen molar-refractivity contribution in [3.05, 3.63) is 89.4 Å². The number of nitrogens with one attached hydrogen (secondary N) is 1. The van der Waals surface area contributed by atoms with Crippen LogP contribution < -0.4 is 5.32 Å². The summed E-state index contributed by atoms with van der Waals surface area (Å²) in [5.74, 6) is 1.07. The second kappa shape index (κ2) is 5.95. The van der Waals surface area contributed by atoms with Gasteiger partial charge in [-0.3, -0.25) is 4.79 Å². The van der Waals surface area contributed by atoms with E-state index < -0.39 is 0 Å². The highest BCUT2D eigenvalue weighted by Crippen LogP contribution is 2.43. The molecule has 1 aliphatic carbocycles. The number of benzene rings is 2. The Balaban J connectivity index is 1.61. The van der Waals surface area contributed by atoms with Gasteiger partial charge in [0.05, 0.1) is 0 Å². The minimum atomic E-state index is -0.214. The molecule has 26 heavy (non-hydrogen) atoms. The molecule has 5 nitrogen and oxygen atoms in total. The first-order valence-electron chi connectivity index (χ1n) is 8.84. The van der Waals surface area contributed by atoms with Crippen LogP contribution in [0.15, 0.2) is 78.3 Å². The normalized spacial score (nSPS) is 21.8. The van der Waals surface area contributed by atoms with E-state index >= 15 is 0 Å². The molecule has 1 N–H and O–H groups in total. The Morgan fingerprint density at radius 1 is 0.923 bits per heavy atom. The van der Waals surface area contributed by atoms with Crippen molar-refractivity contribution < 1.29 is 4.79 Å². The van der Waals surface area contributed by atoms with E-state index in [1.54, 1.807) is 0 Å². The molecule has 0 radical (unpaired) electrons. The molecule has 0 unspecified atom stereocenters. The lowest BCUT2D eigenvalue weighted by Crippen LogP contribution is -2.33. The van der Waals surface area contributed by atoms with Crippen molar-refractivity contribution in [1.29, 1.82) is 0 Å². The Morgan fingerprint density at radius 2 is 1.62 bits per heavy atom. The second-order valence-corrected chi connectivity index (χ2v) is 6.80. The summed E-state index contributed by atoms with van der Waals surface area (Å²) in [6.45, 7) is 0. The predicted octanol–water partition coefficient (Wildman–Crippen LogP) is 3.69. The van der Waals surface area contributed by atoms with Crippen LogP contribution in [0, 0.1) is 0 Å². The molecule has 0 amide bonds. The van der Waals surface area contributed by atoms with Gasteiger partial charge in [0.2, 0.25) is 5.95 Å². The van der Waals surface area contributed by atoms with Crippen molar-refractivity contribution in [2.45, 2.75) is 24.8 Å². The lowest BCUT2D eigenvalue weighted by molar-refractivity contribution is -0.116. The van der Waals surface area contributed by atoms with E-state index in [4.69, 9.17) is 0 Å². The summed E-state index contributed by atoms with van der Waals surface area (Å²) >= 11 is 0. The Morgan fingerprint density at radius 3 is 2.35 bits per heavy atom. The van der Waals surface area contributed by atoms with Gasteiger partial charge in [-0.25, -0.2) is 4.68 Å². The fraction of sp³-hybridized carbons (Fsp3) is 0.190. The molecule has 128 valence electrons. The zero-order chi connectivity index (χ0) is 17.5. The first-order chi connectivity index (χ1) is 12.8. The minimum Gasteiger partial charge on any atom is -0.328 e. The van der Waals surface area contributed by atoms with Crippen LogP contribution in [0.2, 0.25) is 0 Å². The topological polar surface area (TPSA) is 59.8 Å². The number of fused-ring (bicyclic) bond motifs is 1. The number of hydrogen-bond donors (Lipinski definition) is 1. The van der Waals surface area contributed by atoms with Crippen LogP contribution in [0.5, 0.6) is 0 Å². The maximum atomic E-state index is 13.2. The lowest BCUT2D eigenvalue weighted by Gasteiger charge is -2.35. The molecule has 2 heterocycles. The van der Waals surface area contributed by atoms with Crippen molar-refractivity contribution in [3.63, 3.8) is 0 Å². The Labute approximate surface area is 151 Å². The van der Waals surface area contributed by atoms with Crippen molar-refractivity contribution in [2.75, 3.05) is 5.32 Å². The van der Waals surface area contributed by atoms with E-state index in [0.717, 1.165) is 23.3 Å². The average molecular weight is 342 g/mol. The molecule has 2 aromatic carbocycles. The Bertz CT molecular complexity index is 991. The van der Waals surface area contributed by atoms with Crippen LogP contribution in [-0.2, 0) is 4.79 Å². The summed E-state index contributed by atoms with van der Waals surface area (Å²) in [6.07, 6.45) is 2.87. The van der Waals surface area contributed by atoms with Gasteiger partial charge in [-0.05, 0) is 23.5 Å². The molecule has 2 aliphatic rings. The molecule has 0 fully saturated rings. The summed E-state index contributed by atoms with van der Waals surface area (Å²) in [4.78, 5) is 17.5. The van der Waals surface area contributed by atoms with E-state index in [1.807, 2.05) is 53.2 Å². The van der Waals surface area contributed by atoms with Crippen molar-refractivity contribution in [2.24, 2.45) is 0 Å². The number of carbonyl (C=O) groups excluding carboxylic acids is 1. The van der Waals surface area contributed by atoms with Gasteiger partial charge in [-0.2, -0.15) is 10.1 Å². The van der Waals surface area contributed by atoms with Crippen molar-refractivity contribution in [3.8, 4) is 0 Å². The van der Waals surface area contributed by atoms with Gasteiger partial charge in [-0.15, -0.1) is 0 Å². The summed E-state index contributed by atoms with van der Waals surface area (Å²) in [7, 11) is 0. The molecule has 1 aromatic heterocycles. The van der Waals surface area contributed by atoms with E-state index in [-0.39, 0.29) is 17.7 Å². The van der Waals surface area contributed by atoms with Crippen LogP contribution >= 0.6 is 0 Å². The van der Waals surface area contributed by atoms with E-state index in [0.29, 0.717) is 12.4 Å². The van der Waals surface area contributed by atoms with Crippen LogP contribution in [0.1, 0.15) is 35.9 Å². The zero-order valence-corrected chi connectivity index (χ0v) is 14.2. The van der Waals surface area contributed by atoms with Gasteiger partial charge in [0.1, 0.15) is 12.4 Å². The fourth-order valence-electron chi connectivity index (χ4n) is 4.06. The first kappa shape index (κ1) is 15.1. The van der Waals surface area contributed by atoms with Gasteiger partial charge >= 0.3 is 0 Å². The van der Waals surface area contributed by atoms with Crippen LogP contribution in [0.3, 0.4) is 0 Å². The fourth-order valence-corrected chi connectivity index (χ4v) is 4.06. The molecule has 5 heteroatoms. The maximum absolute atomic E-state index is 13.2. The minimum absolute atomic E-state index is 0.183. The Kier molecular flexibility index (Phi) is 3.45. The van der Waals surface area contributed by atoms with Gasteiger partial charge in [0.15, 0.2) is 5.78 Å². The molecule has 0 spiro atoms. The van der Waals surface area contributed by atoms with Gasteiger partial charge in [0, 0.05) is 17.7 Å². The number of aromatic nitrogens is 3. The number of ketones is 1. The highest BCUT2D eigenvalue weighted by molar-refractivity contribution is 6.00. The monoisotopic (exact) mass is 342 g/mol. The van der Waals surface area contributed by atoms with Gasteiger partial charge in [-0.1, -0.05) is 60.7 Å². The largest absolute Gasteiger partial charge is 0.328 e. The summed E-state index contributed by atoms with van der Waals surface area (Å²) in [5.41, 5.74) is 4.06. The van der Waals surface area contributed by atoms with E-state index in [1.165, 1.54) is 11.9 Å². The first-order valence-corrected chi connectivity index (χ1v) is 8.84. The average Bonchev–Trinajstić information content (AvgIpc) is 3.15. The predicted molar refractivity (Wildman–Crippen MR) is 98.7 cm³/mol. The summed E-state index contributed by atoms with van der Waals surface area (Å²) in [5, 5.41) is 7.73. The molecule has 0 saturated carbocycles. The zero-order valence-electron chi connectivity index (χ0n) is 14.2. The number of rotatable bonds is 2. The Hall–Kier alpha value is -3.21. The van der Waals surface area contributed by atoms with Crippen LogP contribution in [0.4, 0.5) is 5.95 Å². The third kappa shape index (κ3) is 2.36. The van der Waals surface area contributed by atoms with Crippen molar-refractivity contribution >= 4 is 11.7 Å². The van der Waals surface area contributed by atoms with E-state index in [9.17, 15) is 4.79 Å². The van der Waals surface area contributed by atoms with Gasteiger partial charge < -0.3 is 5.32 Å². The highest BCUT2D eigenvalue weighted by Gasteiger charge is 2.39. The molecule has 0 saturated heterocycles. The number of anilines is 1. The number of allylic oxidation sites excluding steroid dienone is 2. The third-order valence-corrected chi connectivity index (χ3v) is 5.25. The molecule has 0 bridgehead atoms. The number of hydrogen-bond acceptors (Lipinski definition) is 4. The second-order valence-electron chi connectivity index (χ2n) is 6.80. The standard InChI is InChI=1S/C21H18N4O/c26-18-12-16(14-7-3-1-4-8-14)11-17-19(18)20(15-9-5-2-6-10-15)25-21(24-17)22-13-23-25/h1-10,13,16,20H,11-12H2,(H,22,23,24)/t16-,20-/m1/s1. The number of nitrogens with zero attached hydrogens (tertiary/aromatic N) is 3. The smallest absolute Gasteiger partial charge is 0.226 e. The number of Topliss-reactive ketones (excluding diaryl/α,β-unsaturated/α-hetero) is 1. The number of carbonyl (C=O) groups is 1. The third-order valence-electron chi connectivity index (χ3n) is 5.25. The molecule has 2 atom stereocenters. The van der Waals surface area contributed by atoms with E-state index in [2.05, 4.69) is 27.5 Å². The molecule has 3 aromatic rings. The van der Waals surface area contributed by atoms with Crippen LogP contribution in [0.25, 0.3) is 0 Å². The maximum Gasteiger partial charge on any atom is 0.226 e. The molecule has 1 aliphatic heterocycles. The van der Waals surface area contributed by atoms with Crippen LogP contribution in [-0.4, -0.2) is 20.5 Å².